The quantitative estimate of drug-likeness (QED) is 0.277. The van der Waals surface area contributed by atoms with Gasteiger partial charge in [0.15, 0.2) is 0 Å². The first-order valence-electron chi connectivity index (χ1n) is 12.0. The van der Waals surface area contributed by atoms with Gasteiger partial charge in [0.1, 0.15) is 5.82 Å². The maximum Gasteiger partial charge on any atom is 0.227 e. The van der Waals surface area contributed by atoms with Gasteiger partial charge in [-0.1, -0.05) is 54.6 Å². The van der Waals surface area contributed by atoms with Gasteiger partial charge in [-0.15, -0.1) is 12.4 Å². The Hall–Kier alpha value is -3.32. The minimum Gasteiger partial charge on any atom is -0.383 e. The lowest BCUT2D eigenvalue weighted by atomic mass is 9.78. The molecule has 1 aliphatic rings. The highest BCUT2D eigenvalue weighted by molar-refractivity contribution is 5.85. The molecule has 0 radical (unpaired) electrons. The SMILES string of the molecule is COCCNCCc1ccc(Nc2ncc3c(n2)-c2ccccc2C(c2ccccc2F)C3)cc1.Cl. The first-order chi connectivity index (χ1) is 17.2. The van der Waals surface area contributed by atoms with Crippen LogP contribution >= 0.6 is 12.4 Å². The van der Waals surface area contributed by atoms with Crippen LogP contribution in [0.3, 0.4) is 0 Å². The van der Waals surface area contributed by atoms with E-state index in [1.165, 1.54) is 11.6 Å². The molecule has 0 bridgehead atoms. The van der Waals surface area contributed by atoms with Crippen LogP contribution in [0, 0.1) is 5.82 Å². The molecule has 7 heteroatoms. The van der Waals surface area contributed by atoms with Crippen molar-refractivity contribution >= 4 is 24.0 Å². The lowest BCUT2D eigenvalue weighted by molar-refractivity contribution is 0.199. The van der Waals surface area contributed by atoms with E-state index in [0.717, 1.165) is 54.2 Å². The van der Waals surface area contributed by atoms with Gasteiger partial charge in [0.2, 0.25) is 5.95 Å². The van der Waals surface area contributed by atoms with E-state index in [1.54, 1.807) is 13.2 Å². The largest absolute Gasteiger partial charge is 0.383 e. The van der Waals surface area contributed by atoms with E-state index in [1.807, 2.05) is 30.5 Å². The van der Waals surface area contributed by atoms with Crippen LogP contribution < -0.4 is 10.6 Å². The van der Waals surface area contributed by atoms with E-state index in [-0.39, 0.29) is 24.1 Å². The van der Waals surface area contributed by atoms with E-state index in [0.29, 0.717) is 17.9 Å². The van der Waals surface area contributed by atoms with E-state index in [9.17, 15) is 4.39 Å². The van der Waals surface area contributed by atoms with E-state index < -0.39 is 0 Å². The fourth-order valence-electron chi connectivity index (χ4n) is 4.65. The summed E-state index contributed by atoms with van der Waals surface area (Å²) in [6.07, 6.45) is 3.49. The van der Waals surface area contributed by atoms with Crippen LogP contribution in [-0.2, 0) is 17.6 Å². The fourth-order valence-corrected chi connectivity index (χ4v) is 4.65. The number of fused-ring (bicyclic) bond motifs is 3. The van der Waals surface area contributed by atoms with Gasteiger partial charge in [-0.05, 0) is 59.8 Å². The molecule has 0 spiro atoms. The summed E-state index contributed by atoms with van der Waals surface area (Å²) < 4.78 is 19.7. The van der Waals surface area contributed by atoms with Crippen LogP contribution in [0.15, 0.2) is 79.0 Å². The summed E-state index contributed by atoms with van der Waals surface area (Å²) in [4.78, 5) is 9.44. The summed E-state index contributed by atoms with van der Waals surface area (Å²) in [5.41, 5.74) is 6.97. The molecule has 2 N–H and O–H groups in total. The Balaban J connectivity index is 0.00000304. The molecule has 0 amide bonds. The minimum absolute atomic E-state index is 0. The number of anilines is 2. The fraction of sp³-hybridized carbons (Fsp3) is 0.241. The number of aromatic nitrogens is 2. The van der Waals surface area contributed by atoms with Gasteiger partial charge in [0.05, 0.1) is 12.3 Å². The third kappa shape index (κ3) is 5.73. The summed E-state index contributed by atoms with van der Waals surface area (Å²) in [5, 5.41) is 6.70. The molecule has 5 rings (SSSR count). The number of methoxy groups -OCH3 is 1. The summed E-state index contributed by atoms with van der Waals surface area (Å²) in [7, 11) is 1.71. The third-order valence-corrected chi connectivity index (χ3v) is 6.44. The standard InChI is InChI=1S/C29H29FN4O.ClH/c1-35-17-16-31-15-14-20-10-12-22(13-11-20)33-29-32-19-21-18-26(24-7-4-5-9-27(24)30)23-6-2-3-8-25(23)28(21)34-29;/h2-13,19,26,31H,14-18H2,1H3,(H,32,33,34);1H. The van der Waals surface area contributed by atoms with Crippen molar-refractivity contribution in [3.8, 4) is 11.3 Å². The first kappa shape index (κ1) is 25.8. The molecular formula is C29H30ClFN4O. The van der Waals surface area contributed by atoms with Crippen LogP contribution in [-0.4, -0.2) is 36.8 Å². The summed E-state index contributed by atoms with van der Waals surface area (Å²) in [6, 6.07) is 23.5. The predicted molar refractivity (Wildman–Crippen MR) is 145 cm³/mol. The highest BCUT2D eigenvalue weighted by atomic mass is 35.5. The number of halogens is 2. The maximum absolute atomic E-state index is 14.6. The van der Waals surface area contributed by atoms with E-state index in [4.69, 9.17) is 9.72 Å². The van der Waals surface area contributed by atoms with Crippen LogP contribution in [0.4, 0.5) is 16.0 Å². The van der Waals surface area contributed by atoms with Crippen LogP contribution in [0.2, 0.25) is 0 Å². The average Bonchev–Trinajstić information content (AvgIpc) is 2.89. The number of ether oxygens (including phenoxy) is 1. The van der Waals surface area contributed by atoms with Gasteiger partial charge < -0.3 is 15.4 Å². The Labute approximate surface area is 217 Å². The zero-order valence-electron chi connectivity index (χ0n) is 20.2. The van der Waals surface area contributed by atoms with Gasteiger partial charge >= 0.3 is 0 Å². The molecule has 0 saturated heterocycles. The Kier molecular flexibility index (Phi) is 8.65. The highest BCUT2D eigenvalue weighted by Gasteiger charge is 2.28. The molecule has 3 aromatic carbocycles. The van der Waals surface area contributed by atoms with Crippen LogP contribution in [0.5, 0.6) is 0 Å². The van der Waals surface area contributed by atoms with Gasteiger partial charge in [0.25, 0.3) is 0 Å². The molecular weight excluding hydrogens is 475 g/mol. The second-order valence-corrected chi connectivity index (χ2v) is 8.75. The first-order valence-corrected chi connectivity index (χ1v) is 12.0. The molecule has 1 atom stereocenters. The molecule has 0 aliphatic heterocycles. The maximum atomic E-state index is 14.6. The number of hydrogen-bond acceptors (Lipinski definition) is 5. The van der Waals surface area contributed by atoms with Crippen molar-refractivity contribution in [3.63, 3.8) is 0 Å². The van der Waals surface area contributed by atoms with E-state index >= 15 is 0 Å². The van der Waals surface area contributed by atoms with Crippen molar-refractivity contribution in [3.05, 3.63) is 107 Å². The Bertz CT molecular complexity index is 1300. The number of hydrogen-bond donors (Lipinski definition) is 2. The Morgan fingerprint density at radius 1 is 0.944 bits per heavy atom. The summed E-state index contributed by atoms with van der Waals surface area (Å²) >= 11 is 0. The van der Waals surface area contributed by atoms with E-state index in [2.05, 4.69) is 52.0 Å². The molecule has 4 aromatic rings. The van der Waals surface area contributed by atoms with Crippen molar-refractivity contribution in [2.75, 3.05) is 32.1 Å². The van der Waals surface area contributed by atoms with Crippen LogP contribution in [0.1, 0.15) is 28.2 Å². The van der Waals surface area contributed by atoms with Crippen molar-refractivity contribution in [2.24, 2.45) is 0 Å². The molecule has 1 heterocycles. The number of benzene rings is 3. The molecule has 5 nitrogen and oxygen atoms in total. The van der Waals surface area contributed by atoms with Crippen molar-refractivity contribution < 1.29 is 9.13 Å². The molecule has 36 heavy (non-hydrogen) atoms. The lowest BCUT2D eigenvalue weighted by Crippen LogP contribution is -2.21. The second-order valence-electron chi connectivity index (χ2n) is 8.75. The number of rotatable bonds is 9. The minimum atomic E-state index is -0.177. The van der Waals surface area contributed by atoms with Crippen LogP contribution in [0.25, 0.3) is 11.3 Å². The molecule has 0 fully saturated rings. The smallest absolute Gasteiger partial charge is 0.227 e. The molecule has 0 saturated carbocycles. The monoisotopic (exact) mass is 504 g/mol. The molecule has 1 aromatic heterocycles. The van der Waals surface area contributed by atoms with Gasteiger partial charge in [-0.25, -0.2) is 14.4 Å². The molecule has 186 valence electrons. The van der Waals surface area contributed by atoms with Gasteiger partial charge in [-0.2, -0.15) is 0 Å². The molecule has 1 unspecified atom stereocenters. The zero-order chi connectivity index (χ0) is 24.0. The van der Waals surface area contributed by atoms with Gasteiger partial charge in [0, 0.05) is 37.0 Å². The average molecular weight is 505 g/mol. The third-order valence-electron chi connectivity index (χ3n) is 6.44. The Morgan fingerprint density at radius 2 is 1.69 bits per heavy atom. The van der Waals surface area contributed by atoms with Gasteiger partial charge in [-0.3, -0.25) is 0 Å². The lowest BCUT2D eigenvalue weighted by Gasteiger charge is -2.27. The summed E-state index contributed by atoms with van der Waals surface area (Å²) in [5.74, 6) is 0.319. The van der Waals surface area contributed by atoms with Crippen molar-refractivity contribution in [1.29, 1.82) is 0 Å². The predicted octanol–water partition coefficient (Wildman–Crippen LogP) is 5.91. The summed E-state index contributed by atoms with van der Waals surface area (Å²) in [6.45, 7) is 2.49. The van der Waals surface area contributed by atoms with Crippen molar-refractivity contribution in [2.45, 2.75) is 18.8 Å². The number of nitrogens with zero attached hydrogens (tertiary/aromatic N) is 2. The topological polar surface area (TPSA) is 59.1 Å². The second kappa shape index (κ2) is 12.1. The van der Waals surface area contributed by atoms with Crippen molar-refractivity contribution in [1.82, 2.24) is 15.3 Å². The molecule has 1 aliphatic carbocycles. The normalized spacial score (nSPS) is 13.9. The zero-order valence-corrected chi connectivity index (χ0v) is 21.0. The highest BCUT2D eigenvalue weighted by Crippen LogP contribution is 2.42. The number of nitrogens with one attached hydrogen (secondary N) is 2. The Morgan fingerprint density at radius 3 is 2.47 bits per heavy atom.